The average Bonchev–Trinajstić information content (AvgIpc) is 3.64. The molecule has 3 aromatic rings. The maximum Gasteiger partial charge on any atom is 0.240 e. The number of anilines is 1. The molecule has 0 bridgehead atoms. The first kappa shape index (κ1) is 22.2. The third-order valence-corrected chi connectivity index (χ3v) is 8.40. The van der Waals surface area contributed by atoms with Crippen LogP contribution in [-0.4, -0.2) is 88.2 Å². The van der Waals surface area contributed by atoms with Crippen molar-refractivity contribution in [3.8, 4) is 5.69 Å². The Morgan fingerprint density at radius 2 is 1.88 bits per heavy atom. The van der Waals surface area contributed by atoms with Crippen molar-refractivity contribution in [2.75, 3.05) is 55.8 Å². The largest absolute Gasteiger partial charge is 0.339 e. The highest BCUT2D eigenvalue weighted by molar-refractivity contribution is 7.99. The first-order valence-corrected chi connectivity index (χ1v) is 13.5. The number of halogens is 1. The molecule has 4 heterocycles. The first-order valence-electron chi connectivity index (χ1n) is 12.0. The topological polar surface area (TPSA) is 56.6 Å². The second-order valence-electron chi connectivity index (χ2n) is 9.23. The van der Waals surface area contributed by atoms with Crippen molar-refractivity contribution < 1.29 is 4.79 Å². The standard InChI is InChI=1S/C25H29ClN6OS/c26-18-6-7-21-23(14-18)32(19-4-2-1-3-5-19)25(28-21)30-10-8-29(9-11-30)20-15-22(27-16-20)24(33)31-12-13-34-17-31/h1-7,14,20,22,27H,8-13,15-17H2/t20-,22-/m0/s1. The summed E-state index contributed by atoms with van der Waals surface area (Å²) in [5, 5.41) is 4.21. The van der Waals surface area contributed by atoms with E-state index in [1.165, 1.54) is 0 Å². The number of nitrogens with zero attached hydrogens (tertiary/aromatic N) is 5. The zero-order valence-electron chi connectivity index (χ0n) is 19.1. The molecule has 2 atom stereocenters. The number of rotatable bonds is 4. The molecule has 0 radical (unpaired) electrons. The van der Waals surface area contributed by atoms with Crippen LogP contribution >= 0.6 is 23.4 Å². The van der Waals surface area contributed by atoms with Crippen LogP contribution in [0.5, 0.6) is 0 Å². The molecule has 6 rings (SSSR count). The van der Waals surface area contributed by atoms with Gasteiger partial charge in [0.15, 0.2) is 0 Å². The van der Waals surface area contributed by atoms with Gasteiger partial charge in [-0.1, -0.05) is 29.8 Å². The Balaban J connectivity index is 1.17. The average molecular weight is 497 g/mol. The number of hydrogen-bond donors (Lipinski definition) is 1. The molecule has 7 nitrogen and oxygen atoms in total. The highest BCUT2D eigenvalue weighted by atomic mass is 35.5. The molecule has 0 unspecified atom stereocenters. The predicted octanol–water partition coefficient (Wildman–Crippen LogP) is 3.06. The van der Waals surface area contributed by atoms with Gasteiger partial charge in [0.05, 0.1) is 23.0 Å². The summed E-state index contributed by atoms with van der Waals surface area (Å²) in [6.07, 6.45) is 0.904. The van der Waals surface area contributed by atoms with E-state index in [0.717, 1.165) is 80.0 Å². The summed E-state index contributed by atoms with van der Waals surface area (Å²) < 4.78 is 2.22. The van der Waals surface area contributed by atoms with Gasteiger partial charge in [0.1, 0.15) is 0 Å². The van der Waals surface area contributed by atoms with Crippen LogP contribution in [0.15, 0.2) is 48.5 Å². The van der Waals surface area contributed by atoms with Crippen molar-refractivity contribution in [2.45, 2.75) is 18.5 Å². The molecule has 34 heavy (non-hydrogen) atoms. The number of imidazole rings is 1. The number of carbonyl (C=O) groups excluding carboxylic acids is 1. The lowest BCUT2D eigenvalue weighted by Crippen LogP contribution is -2.51. The fourth-order valence-corrected chi connectivity index (χ4v) is 6.48. The monoisotopic (exact) mass is 496 g/mol. The molecule has 3 aliphatic rings. The lowest BCUT2D eigenvalue weighted by molar-refractivity contribution is -0.131. The molecule has 3 fully saturated rings. The van der Waals surface area contributed by atoms with E-state index in [2.05, 4.69) is 43.9 Å². The summed E-state index contributed by atoms with van der Waals surface area (Å²) in [6.45, 7) is 5.51. The Bertz CT molecular complexity index is 1170. The van der Waals surface area contributed by atoms with E-state index in [4.69, 9.17) is 16.6 Å². The van der Waals surface area contributed by atoms with Gasteiger partial charge in [0.25, 0.3) is 0 Å². The number of fused-ring (bicyclic) bond motifs is 1. The van der Waals surface area contributed by atoms with Gasteiger partial charge in [-0.25, -0.2) is 4.98 Å². The third-order valence-electron chi connectivity index (χ3n) is 7.20. The van der Waals surface area contributed by atoms with E-state index < -0.39 is 0 Å². The quantitative estimate of drug-likeness (QED) is 0.599. The molecule has 3 saturated heterocycles. The van der Waals surface area contributed by atoms with Gasteiger partial charge in [-0.2, -0.15) is 0 Å². The molecule has 2 aromatic carbocycles. The molecule has 0 spiro atoms. The molecule has 9 heteroatoms. The smallest absolute Gasteiger partial charge is 0.240 e. The SMILES string of the molecule is O=C([C@@H]1C[C@H](N2CCN(c3nc4ccc(Cl)cc4n3-c3ccccc3)CC2)CN1)N1CCSC1. The number of hydrogen-bond acceptors (Lipinski definition) is 6. The highest BCUT2D eigenvalue weighted by Gasteiger charge is 2.37. The number of nitrogens with one attached hydrogen (secondary N) is 1. The normalized spacial score (nSPS) is 23.8. The van der Waals surface area contributed by atoms with Crippen LogP contribution in [0.4, 0.5) is 5.95 Å². The van der Waals surface area contributed by atoms with Crippen molar-refractivity contribution in [2.24, 2.45) is 0 Å². The Hall–Kier alpha value is -2.26. The van der Waals surface area contributed by atoms with Gasteiger partial charge in [-0.15, -0.1) is 11.8 Å². The van der Waals surface area contributed by atoms with E-state index in [9.17, 15) is 4.79 Å². The van der Waals surface area contributed by atoms with E-state index in [-0.39, 0.29) is 11.9 Å². The predicted molar refractivity (Wildman–Crippen MR) is 139 cm³/mol. The molecule has 0 aliphatic carbocycles. The van der Waals surface area contributed by atoms with Crippen molar-refractivity contribution in [3.63, 3.8) is 0 Å². The second kappa shape index (κ2) is 9.41. The van der Waals surface area contributed by atoms with Gasteiger partial charge in [-0.3, -0.25) is 14.3 Å². The number of thioether (sulfide) groups is 1. The lowest BCUT2D eigenvalue weighted by atomic mass is 10.1. The number of para-hydroxylation sites is 1. The van der Waals surface area contributed by atoms with Gasteiger partial charge in [0.2, 0.25) is 11.9 Å². The summed E-state index contributed by atoms with van der Waals surface area (Å²) >= 11 is 8.19. The van der Waals surface area contributed by atoms with Crippen LogP contribution in [0.2, 0.25) is 5.02 Å². The zero-order chi connectivity index (χ0) is 23.1. The van der Waals surface area contributed by atoms with Gasteiger partial charge in [-0.05, 0) is 36.8 Å². The minimum atomic E-state index is -0.0336. The van der Waals surface area contributed by atoms with Gasteiger partial charge < -0.3 is 15.1 Å². The first-order chi connectivity index (χ1) is 16.7. The fraction of sp³-hybridized carbons (Fsp3) is 0.440. The Morgan fingerprint density at radius 1 is 1.06 bits per heavy atom. The maximum absolute atomic E-state index is 12.8. The molecule has 1 N–H and O–H groups in total. The molecular formula is C25H29ClN6OS. The Labute approximate surface area is 209 Å². The highest BCUT2D eigenvalue weighted by Crippen LogP contribution is 2.30. The number of piperazine rings is 1. The van der Waals surface area contributed by atoms with Crippen LogP contribution in [-0.2, 0) is 4.79 Å². The second-order valence-corrected chi connectivity index (χ2v) is 10.7. The number of carbonyl (C=O) groups is 1. The van der Waals surface area contributed by atoms with E-state index in [1.807, 2.05) is 40.9 Å². The lowest BCUT2D eigenvalue weighted by Gasteiger charge is -2.38. The Morgan fingerprint density at radius 3 is 2.65 bits per heavy atom. The number of aromatic nitrogens is 2. The van der Waals surface area contributed by atoms with E-state index in [1.54, 1.807) is 0 Å². The molecule has 178 valence electrons. The molecule has 1 amide bonds. The molecular weight excluding hydrogens is 468 g/mol. The summed E-state index contributed by atoms with van der Waals surface area (Å²) in [4.78, 5) is 24.7. The summed E-state index contributed by atoms with van der Waals surface area (Å²) in [5.41, 5.74) is 3.07. The third kappa shape index (κ3) is 4.17. The summed E-state index contributed by atoms with van der Waals surface area (Å²) in [5.74, 6) is 3.14. The van der Waals surface area contributed by atoms with E-state index >= 15 is 0 Å². The molecule has 0 saturated carbocycles. The summed E-state index contributed by atoms with van der Waals surface area (Å²) in [6, 6.07) is 16.6. The summed E-state index contributed by atoms with van der Waals surface area (Å²) in [7, 11) is 0. The number of benzene rings is 2. The van der Waals surface area contributed by atoms with Crippen LogP contribution in [0.3, 0.4) is 0 Å². The van der Waals surface area contributed by atoms with Crippen molar-refractivity contribution in [1.82, 2.24) is 24.7 Å². The van der Waals surface area contributed by atoms with Crippen molar-refractivity contribution >= 4 is 46.3 Å². The van der Waals surface area contributed by atoms with Crippen LogP contribution in [0.25, 0.3) is 16.7 Å². The fourth-order valence-electron chi connectivity index (χ4n) is 5.36. The van der Waals surface area contributed by atoms with Crippen LogP contribution in [0, 0.1) is 0 Å². The van der Waals surface area contributed by atoms with Crippen molar-refractivity contribution in [3.05, 3.63) is 53.6 Å². The maximum atomic E-state index is 12.8. The molecule has 3 aliphatic heterocycles. The van der Waals surface area contributed by atoms with Crippen LogP contribution in [0.1, 0.15) is 6.42 Å². The number of amides is 1. The minimum Gasteiger partial charge on any atom is -0.339 e. The van der Waals surface area contributed by atoms with Crippen LogP contribution < -0.4 is 10.2 Å². The van der Waals surface area contributed by atoms with Gasteiger partial charge >= 0.3 is 0 Å². The van der Waals surface area contributed by atoms with Gasteiger partial charge in [0, 0.05) is 61.8 Å². The minimum absolute atomic E-state index is 0.0336. The molecule has 1 aromatic heterocycles. The van der Waals surface area contributed by atoms with Crippen molar-refractivity contribution in [1.29, 1.82) is 0 Å². The van der Waals surface area contributed by atoms with E-state index in [0.29, 0.717) is 11.1 Å². The Kier molecular flexibility index (Phi) is 6.15. The zero-order valence-corrected chi connectivity index (χ0v) is 20.6.